The summed E-state index contributed by atoms with van der Waals surface area (Å²) in [5.41, 5.74) is 5.87. The SMILES string of the molecule is Nc1cc(Cl)cc(C(=O)OCCCC(F)(F)F)c1. The van der Waals surface area contributed by atoms with Crippen LogP contribution >= 0.6 is 11.6 Å². The van der Waals surface area contributed by atoms with E-state index in [0.29, 0.717) is 0 Å². The lowest BCUT2D eigenvalue weighted by Crippen LogP contribution is -2.11. The summed E-state index contributed by atoms with van der Waals surface area (Å²) in [4.78, 5) is 11.5. The van der Waals surface area contributed by atoms with Gasteiger partial charge < -0.3 is 10.5 Å². The van der Waals surface area contributed by atoms with Gasteiger partial charge in [-0.3, -0.25) is 0 Å². The van der Waals surface area contributed by atoms with Crippen LogP contribution in [0.3, 0.4) is 0 Å². The second-order valence-electron chi connectivity index (χ2n) is 3.63. The number of ether oxygens (including phenoxy) is 1. The summed E-state index contributed by atoms with van der Waals surface area (Å²) < 4.78 is 40.2. The largest absolute Gasteiger partial charge is 0.462 e. The Labute approximate surface area is 107 Å². The topological polar surface area (TPSA) is 52.3 Å². The zero-order chi connectivity index (χ0) is 13.8. The van der Waals surface area contributed by atoms with E-state index >= 15 is 0 Å². The highest BCUT2D eigenvalue weighted by molar-refractivity contribution is 6.31. The third-order valence-electron chi connectivity index (χ3n) is 1.99. The van der Waals surface area contributed by atoms with Gasteiger partial charge >= 0.3 is 12.1 Å². The minimum Gasteiger partial charge on any atom is -0.462 e. The van der Waals surface area contributed by atoms with Crippen molar-refractivity contribution in [3.8, 4) is 0 Å². The predicted octanol–water partition coefficient (Wildman–Crippen LogP) is 3.42. The van der Waals surface area contributed by atoms with Crippen LogP contribution in [0.4, 0.5) is 18.9 Å². The van der Waals surface area contributed by atoms with Gasteiger partial charge in [-0.15, -0.1) is 0 Å². The molecule has 0 aromatic heterocycles. The van der Waals surface area contributed by atoms with E-state index in [1.54, 1.807) is 0 Å². The molecule has 7 heteroatoms. The maximum absolute atomic E-state index is 11.8. The molecule has 2 N–H and O–H groups in total. The number of carbonyl (C=O) groups is 1. The smallest absolute Gasteiger partial charge is 0.389 e. The molecule has 3 nitrogen and oxygen atoms in total. The standard InChI is InChI=1S/C11H11ClF3NO2/c12-8-4-7(5-9(16)6-8)10(17)18-3-1-2-11(13,14)15/h4-6H,1-3,16H2. The van der Waals surface area contributed by atoms with E-state index in [0.717, 1.165) is 0 Å². The summed E-state index contributed by atoms with van der Waals surface area (Å²) in [6.07, 6.45) is -5.50. The Kier molecular flexibility index (Phi) is 4.84. The Morgan fingerprint density at radius 3 is 2.56 bits per heavy atom. The number of hydrogen-bond acceptors (Lipinski definition) is 3. The lowest BCUT2D eigenvalue weighted by Gasteiger charge is -2.07. The molecule has 0 atom stereocenters. The second kappa shape index (κ2) is 5.95. The Morgan fingerprint density at radius 1 is 1.33 bits per heavy atom. The molecule has 100 valence electrons. The first-order valence-corrected chi connectivity index (χ1v) is 5.46. The van der Waals surface area contributed by atoms with Crippen LogP contribution in [0.15, 0.2) is 18.2 Å². The van der Waals surface area contributed by atoms with Gasteiger partial charge in [0.1, 0.15) is 0 Å². The highest BCUT2D eigenvalue weighted by atomic mass is 35.5. The third-order valence-corrected chi connectivity index (χ3v) is 2.21. The van der Waals surface area contributed by atoms with Crippen LogP contribution in [0, 0.1) is 0 Å². The molecule has 1 rings (SSSR count). The normalized spacial score (nSPS) is 11.3. The number of nitrogens with two attached hydrogens (primary N) is 1. The fraction of sp³-hybridized carbons (Fsp3) is 0.364. The van der Waals surface area contributed by atoms with E-state index in [4.69, 9.17) is 17.3 Å². The molecule has 1 aromatic rings. The number of nitrogen functional groups attached to an aromatic ring is 1. The van der Waals surface area contributed by atoms with Gasteiger partial charge in [-0.25, -0.2) is 4.79 Å². The molecule has 0 spiro atoms. The quantitative estimate of drug-likeness (QED) is 0.523. The first-order chi connectivity index (χ1) is 8.28. The van der Waals surface area contributed by atoms with E-state index in [-0.39, 0.29) is 29.3 Å². The number of halogens is 4. The highest BCUT2D eigenvalue weighted by Gasteiger charge is 2.26. The minimum absolute atomic E-state index is 0.118. The lowest BCUT2D eigenvalue weighted by atomic mass is 10.2. The van der Waals surface area contributed by atoms with Crippen LogP contribution in [-0.2, 0) is 4.74 Å². The molecule has 0 heterocycles. The second-order valence-corrected chi connectivity index (χ2v) is 4.06. The van der Waals surface area contributed by atoms with Crippen LogP contribution in [-0.4, -0.2) is 18.8 Å². The molecule has 0 unspecified atom stereocenters. The van der Waals surface area contributed by atoms with Crippen molar-refractivity contribution < 1.29 is 22.7 Å². The number of benzene rings is 1. The van der Waals surface area contributed by atoms with Crippen LogP contribution < -0.4 is 5.73 Å². The average molecular weight is 282 g/mol. The van der Waals surface area contributed by atoms with Gasteiger partial charge in [0.2, 0.25) is 0 Å². The predicted molar refractivity (Wildman–Crippen MR) is 61.4 cm³/mol. The number of esters is 1. The molecule has 0 aliphatic rings. The van der Waals surface area contributed by atoms with E-state index in [1.165, 1.54) is 18.2 Å². The molecule has 18 heavy (non-hydrogen) atoms. The van der Waals surface area contributed by atoms with E-state index < -0.39 is 18.6 Å². The molecular formula is C11H11ClF3NO2. The van der Waals surface area contributed by atoms with Crippen molar-refractivity contribution in [3.63, 3.8) is 0 Å². The molecule has 0 amide bonds. The van der Waals surface area contributed by atoms with Gasteiger partial charge in [0.25, 0.3) is 0 Å². The molecule has 1 aromatic carbocycles. The van der Waals surface area contributed by atoms with Crippen molar-refractivity contribution >= 4 is 23.3 Å². The maximum atomic E-state index is 11.8. The minimum atomic E-state index is -4.24. The van der Waals surface area contributed by atoms with Gasteiger partial charge in [-0.05, 0) is 24.6 Å². The monoisotopic (exact) mass is 281 g/mol. The Balaban J connectivity index is 2.46. The maximum Gasteiger partial charge on any atom is 0.389 e. The van der Waals surface area contributed by atoms with Crippen LogP contribution in [0.1, 0.15) is 23.2 Å². The Bertz CT molecular complexity index is 415. The van der Waals surface area contributed by atoms with Crippen LogP contribution in [0.5, 0.6) is 0 Å². The number of anilines is 1. The van der Waals surface area contributed by atoms with Gasteiger partial charge in [0.15, 0.2) is 0 Å². The van der Waals surface area contributed by atoms with Crippen molar-refractivity contribution in [1.82, 2.24) is 0 Å². The van der Waals surface area contributed by atoms with Crippen molar-refractivity contribution in [2.75, 3.05) is 12.3 Å². The van der Waals surface area contributed by atoms with Gasteiger partial charge in [0, 0.05) is 17.1 Å². The fourth-order valence-electron chi connectivity index (χ4n) is 1.25. The van der Waals surface area contributed by atoms with Crippen molar-refractivity contribution in [2.45, 2.75) is 19.0 Å². The lowest BCUT2D eigenvalue weighted by molar-refractivity contribution is -0.137. The molecule has 0 saturated heterocycles. The zero-order valence-electron chi connectivity index (χ0n) is 9.26. The summed E-state index contributed by atoms with van der Waals surface area (Å²) in [5, 5.41) is 0.261. The highest BCUT2D eigenvalue weighted by Crippen LogP contribution is 2.21. The van der Waals surface area contributed by atoms with Crippen LogP contribution in [0.25, 0.3) is 0 Å². The molecule has 0 bridgehead atoms. The number of hydrogen-bond donors (Lipinski definition) is 1. The summed E-state index contributed by atoms with van der Waals surface area (Å²) in [6, 6.07) is 4.13. The molecule has 0 radical (unpaired) electrons. The Morgan fingerprint density at radius 2 is 2.00 bits per heavy atom. The summed E-state index contributed by atoms with van der Waals surface area (Å²) >= 11 is 5.68. The van der Waals surface area contributed by atoms with E-state index in [2.05, 4.69) is 4.74 Å². The van der Waals surface area contributed by atoms with Crippen molar-refractivity contribution in [2.24, 2.45) is 0 Å². The molecule has 0 aliphatic carbocycles. The molecule has 0 aliphatic heterocycles. The third kappa shape index (κ3) is 5.27. The summed E-state index contributed by atoms with van der Waals surface area (Å²) in [6.45, 7) is -0.301. The number of rotatable bonds is 4. The molecular weight excluding hydrogens is 271 g/mol. The van der Waals surface area contributed by atoms with E-state index in [1.807, 2.05) is 0 Å². The van der Waals surface area contributed by atoms with Gasteiger partial charge in [-0.2, -0.15) is 13.2 Å². The molecule has 0 saturated carbocycles. The summed E-state index contributed by atoms with van der Waals surface area (Å²) in [5.74, 6) is -0.744. The Hall–Kier alpha value is -1.43. The fourth-order valence-corrected chi connectivity index (χ4v) is 1.49. The van der Waals surface area contributed by atoms with Gasteiger partial charge in [-0.1, -0.05) is 11.6 Å². The van der Waals surface area contributed by atoms with Gasteiger partial charge in [0.05, 0.1) is 12.2 Å². The van der Waals surface area contributed by atoms with E-state index in [9.17, 15) is 18.0 Å². The zero-order valence-corrected chi connectivity index (χ0v) is 10.0. The average Bonchev–Trinajstić information content (AvgIpc) is 2.21. The number of alkyl halides is 3. The first kappa shape index (κ1) is 14.6. The van der Waals surface area contributed by atoms with Crippen molar-refractivity contribution in [3.05, 3.63) is 28.8 Å². The molecule has 0 fully saturated rings. The van der Waals surface area contributed by atoms with Crippen LogP contribution in [0.2, 0.25) is 5.02 Å². The van der Waals surface area contributed by atoms with Crippen molar-refractivity contribution in [1.29, 1.82) is 0 Å². The number of carbonyl (C=O) groups excluding carboxylic acids is 1. The summed E-state index contributed by atoms with van der Waals surface area (Å²) in [7, 11) is 0. The first-order valence-electron chi connectivity index (χ1n) is 5.08.